The first-order valence-corrected chi connectivity index (χ1v) is 9.99. The smallest absolute Gasteiger partial charge is 0.412 e. The molecule has 1 aliphatic heterocycles. The van der Waals surface area contributed by atoms with Crippen LogP contribution in [-0.2, 0) is 22.6 Å². The van der Waals surface area contributed by atoms with Crippen molar-refractivity contribution in [3.05, 3.63) is 12.2 Å². The molecule has 1 saturated heterocycles. The van der Waals surface area contributed by atoms with Crippen LogP contribution in [-0.4, -0.2) is 68.8 Å². The van der Waals surface area contributed by atoms with E-state index in [1.165, 1.54) is 0 Å². The molecule has 0 radical (unpaired) electrons. The van der Waals surface area contributed by atoms with E-state index in [-0.39, 0.29) is 36.1 Å². The van der Waals surface area contributed by atoms with Gasteiger partial charge in [-0.3, -0.25) is 9.89 Å². The Labute approximate surface area is 196 Å². The van der Waals surface area contributed by atoms with E-state index in [1.807, 2.05) is 53.0 Å². The van der Waals surface area contributed by atoms with E-state index in [0.717, 1.165) is 12.4 Å². The minimum Gasteiger partial charge on any atom is -0.444 e. The Hall–Kier alpha value is -1.63. The maximum atomic E-state index is 12.8. The van der Waals surface area contributed by atoms with Gasteiger partial charge in [-0.25, -0.2) is 4.79 Å². The average Bonchev–Trinajstić information content (AvgIpc) is 3.14. The molecule has 1 aromatic heterocycles. The number of aliphatic imine (C=N–C) groups is 1. The number of amides is 1. The lowest BCUT2D eigenvalue weighted by Crippen LogP contribution is -2.54. The lowest BCUT2D eigenvalue weighted by molar-refractivity contribution is -0.0755. The number of nitrogens with one attached hydrogen (secondary N) is 2. The van der Waals surface area contributed by atoms with E-state index in [9.17, 15) is 4.79 Å². The fourth-order valence-corrected chi connectivity index (χ4v) is 3.39. The molecular formula is C19H36IN7O3. The molecule has 10 nitrogen and oxygen atoms in total. The van der Waals surface area contributed by atoms with E-state index >= 15 is 0 Å². The molecule has 2 atom stereocenters. The summed E-state index contributed by atoms with van der Waals surface area (Å²) in [7, 11) is 1.70. The number of aryl methyl sites for hydroxylation is 1. The van der Waals surface area contributed by atoms with E-state index in [4.69, 9.17) is 9.47 Å². The molecule has 0 spiro atoms. The van der Waals surface area contributed by atoms with E-state index < -0.39 is 17.4 Å². The molecule has 11 heteroatoms. The Morgan fingerprint density at radius 3 is 2.60 bits per heavy atom. The number of carbonyl (C=O) groups is 1. The predicted molar refractivity (Wildman–Crippen MR) is 126 cm³/mol. The van der Waals surface area contributed by atoms with Gasteiger partial charge >= 0.3 is 6.09 Å². The quantitative estimate of drug-likeness (QED) is 0.338. The first kappa shape index (κ1) is 26.4. The highest BCUT2D eigenvalue weighted by molar-refractivity contribution is 14.0. The molecule has 172 valence electrons. The molecule has 2 unspecified atom stereocenters. The van der Waals surface area contributed by atoms with Crippen molar-refractivity contribution < 1.29 is 14.3 Å². The number of rotatable bonds is 5. The van der Waals surface area contributed by atoms with E-state index in [2.05, 4.69) is 25.8 Å². The number of hydrogen-bond donors (Lipinski definition) is 2. The van der Waals surface area contributed by atoms with Crippen LogP contribution in [0.5, 0.6) is 0 Å². The summed E-state index contributed by atoms with van der Waals surface area (Å²) in [5.41, 5.74) is -1.34. The van der Waals surface area contributed by atoms with Crippen LogP contribution in [0, 0.1) is 0 Å². The summed E-state index contributed by atoms with van der Waals surface area (Å²) >= 11 is 0. The normalized spacial score (nSPS) is 21.2. The molecule has 2 N–H and O–H groups in total. The number of aromatic nitrogens is 3. The zero-order valence-corrected chi connectivity index (χ0v) is 21.6. The van der Waals surface area contributed by atoms with Gasteiger partial charge in [0.1, 0.15) is 17.7 Å². The van der Waals surface area contributed by atoms with Crippen molar-refractivity contribution in [3.63, 3.8) is 0 Å². The van der Waals surface area contributed by atoms with Crippen molar-refractivity contribution in [1.29, 1.82) is 0 Å². The first-order chi connectivity index (χ1) is 13.5. The maximum absolute atomic E-state index is 12.8. The van der Waals surface area contributed by atoms with Crippen molar-refractivity contribution in [2.24, 2.45) is 4.99 Å². The highest BCUT2D eigenvalue weighted by atomic mass is 127. The van der Waals surface area contributed by atoms with Crippen LogP contribution >= 0.6 is 24.0 Å². The molecule has 0 aliphatic carbocycles. The zero-order valence-electron chi connectivity index (χ0n) is 19.2. The van der Waals surface area contributed by atoms with Crippen LogP contribution in [0.15, 0.2) is 11.3 Å². The van der Waals surface area contributed by atoms with Crippen molar-refractivity contribution in [2.45, 2.75) is 85.0 Å². The summed E-state index contributed by atoms with van der Waals surface area (Å²) in [6.45, 7) is 15.1. The lowest BCUT2D eigenvalue weighted by Gasteiger charge is -2.35. The topological polar surface area (TPSA) is 106 Å². The van der Waals surface area contributed by atoms with E-state index in [1.54, 1.807) is 18.3 Å². The summed E-state index contributed by atoms with van der Waals surface area (Å²) in [5, 5.41) is 14.5. The van der Waals surface area contributed by atoms with Crippen LogP contribution in [0.2, 0.25) is 0 Å². The third kappa shape index (κ3) is 6.69. The molecule has 2 rings (SSSR count). The Morgan fingerprint density at radius 2 is 2.03 bits per heavy atom. The monoisotopic (exact) mass is 537 g/mol. The Bertz CT molecular complexity index is 730. The zero-order chi connectivity index (χ0) is 21.8. The molecule has 2 heterocycles. The van der Waals surface area contributed by atoms with Gasteiger partial charge in [0.25, 0.3) is 0 Å². The number of ether oxygens (including phenoxy) is 2. The number of nitrogens with zero attached hydrogens (tertiary/aromatic N) is 5. The highest BCUT2D eigenvalue weighted by Crippen LogP contribution is 2.33. The standard InChI is InChI=1S/C19H35N7O3.HI/c1-9-25-12-23-24-15(25)11-22-16(20-8)21-10-14-13(2)28-19(6,7)26(14)17(27)29-18(3,4)5;/h12-14H,9-11H2,1-8H3,(H2,20,21,22);1H. The summed E-state index contributed by atoms with van der Waals surface area (Å²) in [5.74, 6) is 1.43. The number of halogens is 1. The maximum Gasteiger partial charge on any atom is 0.412 e. The van der Waals surface area contributed by atoms with Crippen LogP contribution in [0.4, 0.5) is 4.79 Å². The van der Waals surface area contributed by atoms with Crippen molar-refractivity contribution in [2.75, 3.05) is 13.6 Å². The van der Waals surface area contributed by atoms with Gasteiger partial charge in [-0.1, -0.05) is 0 Å². The molecule has 1 aliphatic rings. The fourth-order valence-electron chi connectivity index (χ4n) is 3.39. The molecule has 1 fully saturated rings. The largest absolute Gasteiger partial charge is 0.444 e. The molecule has 1 aromatic rings. The summed E-state index contributed by atoms with van der Waals surface area (Å²) in [6, 6.07) is -0.210. The molecule has 1 amide bonds. The molecule has 0 bridgehead atoms. The minimum atomic E-state index is -0.761. The SMILES string of the molecule is CCn1cnnc1CNC(=NC)NCC1C(C)OC(C)(C)N1C(=O)OC(C)(C)C.I. The van der Waals surface area contributed by atoms with Crippen molar-refractivity contribution in [3.8, 4) is 0 Å². The second kappa shape index (κ2) is 10.6. The van der Waals surface area contributed by atoms with Crippen LogP contribution in [0.3, 0.4) is 0 Å². The number of guanidine groups is 1. The second-order valence-electron chi connectivity index (χ2n) is 8.53. The number of carbonyl (C=O) groups excluding carboxylic acids is 1. The average molecular weight is 537 g/mol. The molecular weight excluding hydrogens is 501 g/mol. The van der Waals surface area contributed by atoms with Crippen molar-refractivity contribution in [1.82, 2.24) is 30.3 Å². The van der Waals surface area contributed by atoms with Gasteiger partial charge in [-0.15, -0.1) is 34.2 Å². The first-order valence-electron chi connectivity index (χ1n) is 9.99. The molecule has 0 aromatic carbocycles. The third-order valence-corrected chi connectivity index (χ3v) is 4.67. The van der Waals surface area contributed by atoms with Crippen LogP contribution in [0.1, 0.15) is 54.3 Å². The summed E-state index contributed by atoms with van der Waals surface area (Å²) in [6.07, 6.45) is 1.15. The molecule has 30 heavy (non-hydrogen) atoms. The van der Waals surface area contributed by atoms with Gasteiger partial charge in [-0.05, 0) is 48.5 Å². The fraction of sp³-hybridized carbons (Fsp3) is 0.789. The minimum absolute atomic E-state index is 0. The van der Waals surface area contributed by atoms with Gasteiger partial charge in [-0.2, -0.15) is 0 Å². The summed E-state index contributed by atoms with van der Waals surface area (Å²) < 4.78 is 13.6. The Balaban J connectivity index is 0.00000450. The van der Waals surface area contributed by atoms with Gasteiger partial charge < -0.3 is 24.7 Å². The molecule has 0 saturated carbocycles. The van der Waals surface area contributed by atoms with Gasteiger partial charge in [0.2, 0.25) is 0 Å². The third-order valence-electron chi connectivity index (χ3n) is 4.67. The van der Waals surface area contributed by atoms with E-state index in [0.29, 0.717) is 19.0 Å². The van der Waals surface area contributed by atoms with Crippen molar-refractivity contribution >= 4 is 36.0 Å². The van der Waals surface area contributed by atoms with Gasteiger partial charge in [0.05, 0.1) is 18.7 Å². The summed E-state index contributed by atoms with van der Waals surface area (Å²) in [4.78, 5) is 18.8. The highest BCUT2D eigenvalue weighted by Gasteiger charge is 2.49. The van der Waals surface area contributed by atoms with Crippen LogP contribution in [0.25, 0.3) is 0 Å². The lowest BCUT2D eigenvalue weighted by atomic mass is 10.1. The Morgan fingerprint density at radius 1 is 1.37 bits per heavy atom. The second-order valence-corrected chi connectivity index (χ2v) is 8.53. The van der Waals surface area contributed by atoms with Gasteiger partial charge in [0.15, 0.2) is 11.8 Å². The number of hydrogen-bond acceptors (Lipinski definition) is 6. The van der Waals surface area contributed by atoms with Gasteiger partial charge in [0, 0.05) is 20.1 Å². The Kier molecular flexibility index (Phi) is 9.33. The predicted octanol–water partition coefficient (Wildman–Crippen LogP) is 2.34. The van der Waals surface area contributed by atoms with Crippen LogP contribution < -0.4 is 10.6 Å².